The van der Waals surface area contributed by atoms with Crippen LogP contribution in [-0.2, 0) is 4.79 Å². The molecule has 0 aliphatic rings. The topological polar surface area (TPSA) is 56.9 Å². The fourth-order valence-corrected chi connectivity index (χ4v) is 0.269. The molecular weight excluding hydrogens is 108 g/mol. The molecule has 0 spiro atoms. The summed E-state index contributed by atoms with van der Waals surface area (Å²) >= 11 is 0. The number of quaternary nitrogens is 1. The minimum absolute atomic E-state index is 0.122. The number of hydroxylamine groups is 1. The van der Waals surface area contributed by atoms with Crippen molar-refractivity contribution in [3.05, 3.63) is 5.21 Å². The van der Waals surface area contributed by atoms with Crippen LogP contribution in [-0.4, -0.2) is 19.0 Å². The van der Waals surface area contributed by atoms with Crippen molar-refractivity contribution in [2.75, 3.05) is 6.54 Å². The molecule has 0 amide bonds. The van der Waals surface area contributed by atoms with Crippen molar-refractivity contribution in [3.8, 4) is 0 Å². The third kappa shape index (κ3) is 3.45. The quantitative estimate of drug-likeness (QED) is 0.363. The van der Waals surface area contributed by atoms with Gasteiger partial charge in [-0.25, -0.2) is 5.17 Å². The second kappa shape index (κ2) is 3.29. The summed E-state index contributed by atoms with van der Waals surface area (Å²) in [7, 11) is 0. The number of nitrogens with zero attached hydrogens (tertiary/aromatic N) is 1. The number of carbonyl (C=O) groups is 1. The van der Waals surface area contributed by atoms with Crippen molar-refractivity contribution in [2.24, 2.45) is 5.10 Å². The van der Waals surface area contributed by atoms with Gasteiger partial charge in [0.1, 0.15) is 0 Å². The van der Waals surface area contributed by atoms with Crippen LogP contribution in [0.2, 0.25) is 0 Å². The maximum Gasteiger partial charge on any atom is 0.186 e. The molecule has 0 heterocycles. The summed E-state index contributed by atoms with van der Waals surface area (Å²) in [5, 5.41) is 12.7. The normalized spacial score (nSPS) is 12.8. The summed E-state index contributed by atoms with van der Waals surface area (Å²) in [5.74, 6) is -0.178. The molecule has 4 nitrogen and oxygen atoms in total. The van der Waals surface area contributed by atoms with Crippen LogP contribution < -0.4 is 5.17 Å². The van der Waals surface area contributed by atoms with Crippen LogP contribution in [0.4, 0.5) is 0 Å². The molecule has 1 N–H and O–H groups in total. The summed E-state index contributed by atoms with van der Waals surface area (Å²) in [5.41, 5.74) is 0. The lowest BCUT2D eigenvalue weighted by Gasteiger charge is -2.10. The molecule has 0 radical (unpaired) electrons. The number of hydrogen-bond acceptors (Lipinski definition) is 3. The highest BCUT2D eigenvalue weighted by Crippen LogP contribution is 1.55. The zero-order chi connectivity index (χ0) is 6.57. The number of ketones is 1. The lowest BCUT2D eigenvalue weighted by atomic mass is 10.5. The zero-order valence-corrected chi connectivity index (χ0v) is 4.68. The Balaban J connectivity index is 3.38. The molecule has 46 valence electrons. The van der Waals surface area contributed by atoms with E-state index in [1.54, 1.807) is 0 Å². The van der Waals surface area contributed by atoms with Gasteiger partial charge in [-0.1, -0.05) is 5.10 Å². The third-order valence-electron chi connectivity index (χ3n) is 0.577. The Morgan fingerprint density at radius 3 is 2.62 bits per heavy atom. The molecule has 1 atom stereocenters. The number of carbonyl (C=O) groups excluding carboxylic acids is 1. The van der Waals surface area contributed by atoms with E-state index in [9.17, 15) is 10.0 Å². The largest absolute Gasteiger partial charge is 0.606 e. The first-order chi connectivity index (χ1) is 3.66. The monoisotopic (exact) mass is 116 g/mol. The Hall–Kier alpha value is -0.740. The minimum Gasteiger partial charge on any atom is -0.606 e. The maximum atomic E-state index is 10.2. The molecule has 0 aliphatic carbocycles. The van der Waals surface area contributed by atoms with Crippen molar-refractivity contribution in [1.82, 2.24) is 0 Å². The molecule has 0 rings (SSSR count). The van der Waals surface area contributed by atoms with E-state index in [0.717, 1.165) is 0 Å². The molecular formula is C4H8N2O2. The Bertz CT molecular complexity index is 102. The van der Waals surface area contributed by atoms with Crippen molar-refractivity contribution >= 4 is 12.5 Å². The van der Waals surface area contributed by atoms with Crippen LogP contribution in [0.1, 0.15) is 6.92 Å². The lowest BCUT2D eigenvalue weighted by Crippen LogP contribution is -3.03. The van der Waals surface area contributed by atoms with Gasteiger partial charge in [0, 0.05) is 13.6 Å². The molecule has 0 saturated carbocycles. The SMILES string of the molecule is C=N[NH+]([O-])CC(C)=O. The summed E-state index contributed by atoms with van der Waals surface area (Å²) in [4.78, 5) is 10.1. The third-order valence-corrected chi connectivity index (χ3v) is 0.577. The van der Waals surface area contributed by atoms with Gasteiger partial charge in [-0.2, -0.15) is 0 Å². The van der Waals surface area contributed by atoms with Gasteiger partial charge in [0.25, 0.3) is 0 Å². The van der Waals surface area contributed by atoms with Crippen molar-refractivity contribution < 1.29 is 9.97 Å². The first-order valence-electron chi connectivity index (χ1n) is 2.16. The van der Waals surface area contributed by atoms with E-state index >= 15 is 0 Å². The van der Waals surface area contributed by atoms with Gasteiger partial charge in [0.15, 0.2) is 12.3 Å². The van der Waals surface area contributed by atoms with E-state index in [1.165, 1.54) is 6.92 Å². The zero-order valence-electron chi connectivity index (χ0n) is 4.68. The smallest absolute Gasteiger partial charge is 0.186 e. The van der Waals surface area contributed by atoms with Crippen molar-refractivity contribution in [3.63, 3.8) is 0 Å². The van der Waals surface area contributed by atoms with Gasteiger partial charge in [-0.05, 0) is 0 Å². The standard InChI is InChI=1S/C4H8N2O2/c1-4(7)3-6(8)5-2/h6H,2-3H2,1H3. The Morgan fingerprint density at radius 2 is 2.50 bits per heavy atom. The molecule has 4 heteroatoms. The summed E-state index contributed by atoms with van der Waals surface area (Å²) in [6.45, 7) is 4.18. The average molecular weight is 116 g/mol. The van der Waals surface area contributed by atoms with E-state index < -0.39 is 5.17 Å². The fraction of sp³-hybridized carbons (Fsp3) is 0.500. The molecule has 0 bridgehead atoms. The molecule has 8 heavy (non-hydrogen) atoms. The van der Waals surface area contributed by atoms with E-state index in [1.807, 2.05) is 0 Å². The van der Waals surface area contributed by atoms with E-state index in [4.69, 9.17) is 0 Å². The molecule has 0 aliphatic heterocycles. The van der Waals surface area contributed by atoms with Gasteiger partial charge in [0.05, 0.1) is 0 Å². The van der Waals surface area contributed by atoms with Gasteiger partial charge in [-0.15, -0.1) is 0 Å². The summed E-state index contributed by atoms with van der Waals surface area (Å²) in [6, 6.07) is 0. The molecule has 1 unspecified atom stereocenters. The number of Topliss-reactive ketones (excluding diaryl/α,β-unsaturated/α-hetero) is 1. The molecule has 0 aromatic heterocycles. The van der Waals surface area contributed by atoms with Crippen LogP contribution in [0.25, 0.3) is 0 Å². The van der Waals surface area contributed by atoms with Gasteiger partial charge < -0.3 is 5.21 Å². The van der Waals surface area contributed by atoms with Crippen LogP contribution in [0.15, 0.2) is 5.10 Å². The van der Waals surface area contributed by atoms with Crippen molar-refractivity contribution in [2.45, 2.75) is 6.92 Å². The second-order valence-electron chi connectivity index (χ2n) is 1.43. The first kappa shape index (κ1) is 7.26. The van der Waals surface area contributed by atoms with E-state index in [0.29, 0.717) is 0 Å². The highest BCUT2D eigenvalue weighted by molar-refractivity contribution is 5.76. The van der Waals surface area contributed by atoms with Crippen LogP contribution in [0, 0.1) is 5.21 Å². The lowest BCUT2D eigenvalue weighted by molar-refractivity contribution is -0.845. The Kier molecular flexibility index (Phi) is 2.98. The van der Waals surface area contributed by atoms with Gasteiger partial charge >= 0.3 is 0 Å². The second-order valence-corrected chi connectivity index (χ2v) is 1.43. The molecule has 0 saturated heterocycles. The highest BCUT2D eigenvalue weighted by Gasteiger charge is 1.95. The Morgan fingerprint density at radius 1 is 2.00 bits per heavy atom. The first-order valence-corrected chi connectivity index (χ1v) is 2.16. The highest BCUT2D eigenvalue weighted by atomic mass is 16.5. The minimum atomic E-state index is -0.461. The number of nitrogens with one attached hydrogen (secondary N) is 1. The molecule has 0 aromatic carbocycles. The van der Waals surface area contributed by atoms with Crippen LogP contribution in [0.3, 0.4) is 0 Å². The van der Waals surface area contributed by atoms with E-state index in [2.05, 4.69) is 11.8 Å². The molecule has 0 fully saturated rings. The van der Waals surface area contributed by atoms with Gasteiger partial charge in [-0.3, -0.25) is 4.79 Å². The molecule has 0 aromatic rings. The van der Waals surface area contributed by atoms with Gasteiger partial charge in [0.2, 0.25) is 0 Å². The maximum absolute atomic E-state index is 10.2. The number of hydrogen-bond donors (Lipinski definition) is 1. The average Bonchev–Trinajstić information content (AvgIpc) is 1.65. The summed E-state index contributed by atoms with van der Waals surface area (Å²) in [6.07, 6.45) is 0. The summed E-state index contributed by atoms with van der Waals surface area (Å²) < 4.78 is 0. The predicted octanol–water partition coefficient (Wildman–Crippen LogP) is -1.43. The van der Waals surface area contributed by atoms with Crippen molar-refractivity contribution in [1.29, 1.82) is 0 Å². The van der Waals surface area contributed by atoms with Crippen LogP contribution in [0.5, 0.6) is 0 Å². The fourth-order valence-electron chi connectivity index (χ4n) is 0.269. The Labute approximate surface area is 47.4 Å². The predicted molar refractivity (Wildman–Crippen MR) is 29.4 cm³/mol. The number of rotatable bonds is 3. The van der Waals surface area contributed by atoms with E-state index in [-0.39, 0.29) is 12.3 Å². The van der Waals surface area contributed by atoms with Crippen LogP contribution >= 0.6 is 0 Å².